The van der Waals surface area contributed by atoms with Crippen molar-refractivity contribution in [2.45, 2.75) is 78.2 Å². The van der Waals surface area contributed by atoms with Crippen LogP contribution < -0.4 is 5.32 Å². The lowest BCUT2D eigenvalue weighted by molar-refractivity contribution is 0.421. The molecule has 0 amide bonds. The third kappa shape index (κ3) is 6.19. The van der Waals surface area contributed by atoms with Gasteiger partial charge in [-0.25, -0.2) is 0 Å². The van der Waals surface area contributed by atoms with E-state index in [1.807, 2.05) is 0 Å². The summed E-state index contributed by atoms with van der Waals surface area (Å²) in [6.07, 6.45) is 11.3. The molecule has 1 atom stereocenters. The van der Waals surface area contributed by atoms with Gasteiger partial charge in [-0.2, -0.15) is 0 Å². The summed E-state index contributed by atoms with van der Waals surface area (Å²) in [7, 11) is 0. The molecule has 1 saturated carbocycles. The van der Waals surface area contributed by atoms with Gasteiger partial charge in [0.1, 0.15) is 0 Å². The zero-order valence-corrected chi connectivity index (χ0v) is 10.9. The zero-order valence-electron chi connectivity index (χ0n) is 10.9. The quantitative estimate of drug-likeness (QED) is 0.566. The Labute approximate surface area is 96.0 Å². The van der Waals surface area contributed by atoms with Crippen LogP contribution in [0, 0.1) is 5.41 Å². The average molecular weight is 211 g/mol. The molecule has 0 spiro atoms. The van der Waals surface area contributed by atoms with Gasteiger partial charge in [0.25, 0.3) is 0 Å². The molecule has 0 bridgehead atoms. The lowest BCUT2D eigenvalue weighted by atomic mass is 10.1. The van der Waals surface area contributed by atoms with Gasteiger partial charge in [-0.05, 0) is 31.6 Å². The van der Waals surface area contributed by atoms with Crippen LogP contribution in [0.25, 0.3) is 0 Å². The van der Waals surface area contributed by atoms with Gasteiger partial charge in [-0.15, -0.1) is 0 Å². The molecular weight excluding hydrogens is 182 g/mol. The number of unbranched alkanes of at least 4 members (excludes halogenated alkanes) is 4. The summed E-state index contributed by atoms with van der Waals surface area (Å²) in [5.74, 6) is 0. The van der Waals surface area contributed by atoms with E-state index >= 15 is 0 Å². The highest BCUT2D eigenvalue weighted by Crippen LogP contribution is 2.44. The first kappa shape index (κ1) is 13.0. The predicted molar refractivity (Wildman–Crippen MR) is 68.2 cm³/mol. The van der Waals surface area contributed by atoms with Gasteiger partial charge < -0.3 is 5.32 Å². The molecule has 0 aromatic rings. The van der Waals surface area contributed by atoms with Gasteiger partial charge in [0.15, 0.2) is 0 Å². The fourth-order valence-corrected chi connectivity index (χ4v) is 1.97. The lowest BCUT2D eigenvalue weighted by Gasteiger charge is -2.16. The molecule has 1 aliphatic rings. The van der Waals surface area contributed by atoms with Crippen LogP contribution in [0.4, 0.5) is 0 Å². The van der Waals surface area contributed by atoms with E-state index in [-0.39, 0.29) is 0 Å². The molecule has 1 unspecified atom stereocenters. The molecule has 1 nitrogen and oxygen atoms in total. The van der Waals surface area contributed by atoms with E-state index in [1.165, 1.54) is 57.9 Å². The van der Waals surface area contributed by atoms with Crippen LogP contribution in [0.3, 0.4) is 0 Å². The summed E-state index contributed by atoms with van der Waals surface area (Å²) in [5.41, 5.74) is 0.663. The summed E-state index contributed by atoms with van der Waals surface area (Å²) in [6.45, 7) is 8.25. The lowest BCUT2D eigenvalue weighted by Crippen LogP contribution is -2.30. The molecule has 0 aliphatic heterocycles. The summed E-state index contributed by atoms with van der Waals surface area (Å²) in [5, 5.41) is 3.68. The second-order valence-corrected chi connectivity index (χ2v) is 5.80. The Hall–Kier alpha value is -0.0400. The van der Waals surface area contributed by atoms with E-state index in [0.717, 1.165) is 6.04 Å². The second kappa shape index (κ2) is 6.52. The topological polar surface area (TPSA) is 12.0 Å². The highest BCUT2D eigenvalue weighted by molar-refractivity contribution is 4.90. The first-order valence-electron chi connectivity index (χ1n) is 6.90. The first-order chi connectivity index (χ1) is 7.16. The fraction of sp³-hybridized carbons (Fsp3) is 1.00. The monoisotopic (exact) mass is 211 g/mol. The predicted octanol–water partition coefficient (Wildman–Crippen LogP) is 4.13. The molecule has 1 N–H and O–H groups in total. The number of rotatable bonds is 9. The van der Waals surface area contributed by atoms with Gasteiger partial charge in [-0.3, -0.25) is 0 Å². The van der Waals surface area contributed by atoms with Crippen molar-refractivity contribution in [3.8, 4) is 0 Å². The minimum atomic E-state index is 0.663. The number of hydrogen-bond acceptors (Lipinski definition) is 1. The molecular formula is C14H29N. The summed E-state index contributed by atoms with van der Waals surface area (Å²) in [4.78, 5) is 0. The summed E-state index contributed by atoms with van der Waals surface area (Å²) >= 11 is 0. The molecule has 0 aromatic heterocycles. The maximum absolute atomic E-state index is 3.68. The maximum atomic E-state index is 3.68. The molecule has 0 aromatic carbocycles. The normalized spacial score (nSPS) is 20.2. The van der Waals surface area contributed by atoms with Gasteiger partial charge in [-0.1, -0.05) is 46.0 Å². The average Bonchev–Trinajstić information content (AvgIpc) is 2.94. The Kier molecular flexibility index (Phi) is 5.66. The Balaban J connectivity index is 1.87. The number of hydrogen-bond donors (Lipinski definition) is 1. The van der Waals surface area contributed by atoms with Gasteiger partial charge in [0.05, 0.1) is 0 Å². The van der Waals surface area contributed by atoms with Crippen LogP contribution in [0.15, 0.2) is 0 Å². The van der Waals surface area contributed by atoms with Crippen molar-refractivity contribution in [1.82, 2.24) is 5.32 Å². The Morgan fingerprint density at radius 3 is 2.40 bits per heavy atom. The number of nitrogens with one attached hydrogen (secondary N) is 1. The molecule has 1 heteroatoms. The molecule has 0 radical (unpaired) electrons. The molecule has 1 aliphatic carbocycles. The summed E-state index contributed by atoms with van der Waals surface area (Å²) < 4.78 is 0. The second-order valence-electron chi connectivity index (χ2n) is 5.80. The van der Waals surface area contributed by atoms with E-state index in [2.05, 4.69) is 26.1 Å². The Bertz CT molecular complexity index is 161. The van der Waals surface area contributed by atoms with Crippen LogP contribution in [-0.4, -0.2) is 12.6 Å². The fourth-order valence-electron chi connectivity index (χ4n) is 1.97. The smallest absolute Gasteiger partial charge is 0.00389 e. The van der Waals surface area contributed by atoms with Crippen LogP contribution in [0.5, 0.6) is 0 Å². The van der Waals surface area contributed by atoms with Crippen molar-refractivity contribution in [1.29, 1.82) is 0 Å². The van der Waals surface area contributed by atoms with Crippen LogP contribution in [0.2, 0.25) is 0 Å². The van der Waals surface area contributed by atoms with E-state index in [4.69, 9.17) is 0 Å². The van der Waals surface area contributed by atoms with E-state index < -0.39 is 0 Å². The Morgan fingerprint density at radius 2 is 1.80 bits per heavy atom. The van der Waals surface area contributed by atoms with E-state index in [9.17, 15) is 0 Å². The standard InChI is InChI=1S/C14H29N/c1-4-5-6-7-8-9-13(2)15-12-14(3)10-11-14/h13,15H,4-12H2,1-3H3. The molecule has 0 heterocycles. The van der Waals surface area contributed by atoms with Gasteiger partial charge >= 0.3 is 0 Å². The molecule has 1 fully saturated rings. The van der Waals surface area contributed by atoms with Crippen LogP contribution in [0.1, 0.15) is 72.1 Å². The van der Waals surface area contributed by atoms with Crippen LogP contribution in [-0.2, 0) is 0 Å². The van der Waals surface area contributed by atoms with Crippen molar-refractivity contribution in [2.75, 3.05) is 6.54 Å². The zero-order chi connectivity index (χ0) is 11.1. The van der Waals surface area contributed by atoms with Crippen molar-refractivity contribution in [3.63, 3.8) is 0 Å². The Morgan fingerprint density at radius 1 is 1.13 bits per heavy atom. The first-order valence-corrected chi connectivity index (χ1v) is 6.90. The van der Waals surface area contributed by atoms with Crippen LogP contribution >= 0.6 is 0 Å². The van der Waals surface area contributed by atoms with Crippen molar-refractivity contribution >= 4 is 0 Å². The SMILES string of the molecule is CCCCCCCC(C)NCC1(C)CC1. The molecule has 90 valence electrons. The van der Waals surface area contributed by atoms with Gasteiger partial charge in [0.2, 0.25) is 0 Å². The largest absolute Gasteiger partial charge is 0.314 e. The van der Waals surface area contributed by atoms with Gasteiger partial charge in [0, 0.05) is 12.6 Å². The highest BCUT2D eigenvalue weighted by atomic mass is 14.9. The third-order valence-corrected chi connectivity index (χ3v) is 3.72. The summed E-state index contributed by atoms with van der Waals surface area (Å²) in [6, 6.07) is 0.726. The third-order valence-electron chi connectivity index (χ3n) is 3.72. The maximum Gasteiger partial charge on any atom is 0.00389 e. The van der Waals surface area contributed by atoms with E-state index in [0.29, 0.717) is 5.41 Å². The van der Waals surface area contributed by atoms with Crippen molar-refractivity contribution in [2.24, 2.45) is 5.41 Å². The molecule has 15 heavy (non-hydrogen) atoms. The highest BCUT2D eigenvalue weighted by Gasteiger charge is 2.36. The molecule has 0 saturated heterocycles. The minimum Gasteiger partial charge on any atom is -0.314 e. The minimum absolute atomic E-state index is 0.663. The van der Waals surface area contributed by atoms with E-state index in [1.54, 1.807) is 0 Å². The molecule has 1 rings (SSSR count). The van der Waals surface area contributed by atoms with Crippen molar-refractivity contribution < 1.29 is 0 Å². The van der Waals surface area contributed by atoms with Crippen molar-refractivity contribution in [3.05, 3.63) is 0 Å².